The average Bonchev–Trinajstić information content (AvgIpc) is 2.26. The summed E-state index contributed by atoms with van der Waals surface area (Å²) >= 11 is 0. The topological polar surface area (TPSA) is 26.3 Å². The summed E-state index contributed by atoms with van der Waals surface area (Å²) in [5.74, 6) is 1.64. The Labute approximate surface area is 97.6 Å². The van der Waals surface area contributed by atoms with E-state index in [0.717, 1.165) is 18.6 Å². The van der Waals surface area contributed by atoms with Crippen molar-refractivity contribution in [1.29, 1.82) is 0 Å². The monoisotopic (exact) mass is 220 g/mol. The van der Waals surface area contributed by atoms with Crippen LogP contribution >= 0.6 is 0 Å². The lowest BCUT2D eigenvalue weighted by Crippen LogP contribution is -2.03. The van der Waals surface area contributed by atoms with E-state index in [0.29, 0.717) is 12.3 Å². The molecule has 0 aliphatic rings. The van der Waals surface area contributed by atoms with Crippen molar-refractivity contribution < 1.29 is 9.53 Å². The molecule has 0 heterocycles. The minimum absolute atomic E-state index is 0.280. The highest BCUT2D eigenvalue weighted by molar-refractivity contribution is 5.75. The molecule has 1 atom stereocenters. The van der Waals surface area contributed by atoms with Gasteiger partial charge in [-0.25, -0.2) is 0 Å². The molecule has 0 aliphatic heterocycles. The van der Waals surface area contributed by atoms with Crippen LogP contribution in [0.4, 0.5) is 0 Å². The fourth-order valence-electron chi connectivity index (χ4n) is 1.80. The highest BCUT2D eigenvalue weighted by atomic mass is 16.5. The molecule has 0 bridgehead atoms. The SMILES string of the molecule is COc1ccc(CCC(C)CC(C)=O)cc1. The second kappa shape index (κ2) is 6.31. The van der Waals surface area contributed by atoms with Crippen LogP contribution in [0.3, 0.4) is 0 Å². The number of ether oxygens (including phenoxy) is 1. The molecular formula is C14H20O2. The summed E-state index contributed by atoms with van der Waals surface area (Å²) in [5.41, 5.74) is 1.30. The van der Waals surface area contributed by atoms with E-state index < -0.39 is 0 Å². The zero-order valence-corrected chi connectivity index (χ0v) is 10.3. The smallest absolute Gasteiger partial charge is 0.130 e. The lowest BCUT2D eigenvalue weighted by Gasteiger charge is -2.09. The second-order valence-corrected chi connectivity index (χ2v) is 4.40. The quantitative estimate of drug-likeness (QED) is 0.735. The Hall–Kier alpha value is -1.31. The van der Waals surface area contributed by atoms with Crippen molar-refractivity contribution in [2.75, 3.05) is 7.11 Å². The minimum Gasteiger partial charge on any atom is -0.497 e. The van der Waals surface area contributed by atoms with E-state index in [-0.39, 0.29) is 5.78 Å². The van der Waals surface area contributed by atoms with Crippen molar-refractivity contribution in [2.24, 2.45) is 5.92 Å². The van der Waals surface area contributed by atoms with Gasteiger partial charge in [0.1, 0.15) is 11.5 Å². The number of carbonyl (C=O) groups is 1. The first-order chi connectivity index (χ1) is 7.61. The molecule has 0 saturated heterocycles. The summed E-state index contributed by atoms with van der Waals surface area (Å²) in [6.07, 6.45) is 2.78. The molecule has 0 aliphatic carbocycles. The van der Waals surface area contributed by atoms with Crippen LogP contribution in [0.1, 0.15) is 32.3 Å². The molecular weight excluding hydrogens is 200 g/mol. The molecule has 1 rings (SSSR count). The maximum absolute atomic E-state index is 10.9. The highest BCUT2D eigenvalue weighted by Crippen LogP contribution is 2.16. The van der Waals surface area contributed by atoms with Gasteiger partial charge in [-0.3, -0.25) is 0 Å². The van der Waals surface area contributed by atoms with E-state index in [4.69, 9.17) is 4.74 Å². The number of hydrogen-bond donors (Lipinski definition) is 0. The molecule has 0 spiro atoms. The number of methoxy groups -OCH3 is 1. The Morgan fingerprint density at radius 3 is 2.44 bits per heavy atom. The first-order valence-corrected chi connectivity index (χ1v) is 5.74. The van der Waals surface area contributed by atoms with Gasteiger partial charge >= 0.3 is 0 Å². The van der Waals surface area contributed by atoms with Crippen LogP contribution in [-0.4, -0.2) is 12.9 Å². The fraction of sp³-hybridized carbons (Fsp3) is 0.500. The summed E-state index contributed by atoms with van der Waals surface area (Å²) in [4.78, 5) is 10.9. The third-order valence-corrected chi connectivity index (χ3v) is 2.72. The zero-order valence-electron chi connectivity index (χ0n) is 10.3. The first-order valence-electron chi connectivity index (χ1n) is 5.74. The molecule has 0 saturated carbocycles. The summed E-state index contributed by atoms with van der Waals surface area (Å²) in [5, 5.41) is 0. The van der Waals surface area contributed by atoms with Crippen LogP contribution in [0.15, 0.2) is 24.3 Å². The van der Waals surface area contributed by atoms with E-state index >= 15 is 0 Å². The Morgan fingerprint density at radius 2 is 1.94 bits per heavy atom. The van der Waals surface area contributed by atoms with Crippen molar-refractivity contribution in [3.63, 3.8) is 0 Å². The fourth-order valence-corrected chi connectivity index (χ4v) is 1.80. The van der Waals surface area contributed by atoms with E-state index in [1.54, 1.807) is 14.0 Å². The predicted molar refractivity (Wildman–Crippen MR) is 65.8 cm³/mol. The standard InChI is InChI=1S/C14H20O2/c1-11(10-12(2)15)4-5-13-6-8-14(16-3)9-7-13/h6-9,11H,4-5,10H2,1-3H3. The number of benzene rings is 1. The summed E-state index contributed by atoms with van der Waals surface area (Å²) in [7, 11) is 1.67. The van der Waals surface area contributed by atoms with Gasteiger partial charge in [-0.15, -0.1) is 0 Å². The minimum atomic E-state index is 0.280. The maximum Gasteiger partial charge on any atom is 0.130 e. The van der Waals surface area contributed by atoms with Crippen LogP contribution in [0.25, 0.3) is 0 Å². The van der Waals surface area contributed by atoms with E-state index in [2.05, 4.69) is 19.1 Å². The molecule has 0 fully saturated rings. The summed E-state index contributed by atoms with van der Waals surface area (Å²) in [6.45, 7) is 3.79. The molecule has 2 nitrogen and oxygen atoms in total. The van der Waals surface area contributed by atoms with Crippen LogP contribution < -0.4 is 4.74 Å². The van der Waals surface area contributed by atoms with Gasteiger partial charge in [0, 0.05) is 6.42 Å². The van der Waals surface area contributed by atoms with E-state index in [1.165, 1.54) is 5.56 Å². The van der Waals surface area contributed by atoms with Crippen molar-refractivity contribution >= 4 is 5.78 Å². The zero-order chi connectivity index (χ0) is 12.0. The van der Waals surface area contributed by atoms with Crippen molar-refractivity contribution in [3.05, 3.63) is 29.8 Å². The third-order valence-electron chi connectivity index (χ3n) is 2.72. The lowest BCUT2D eigenvalue weighted by molar-refractivity contribution is -0.117. The molecule has 0 aromatic heterocycles. The van der Waals surface area contributed by atoms with Gasteiger partial charge < -0.3 is 9.53 Å². The third kappa shape index (κ3) is 4.47. The first kappa shape index (κ1) is 12.8. The number of ketones is 1. The molecule has 0 amide bonds. The highest BCUT2D eigenvalue weighted by Gasteiger charge is 2.05. The van der Waals surface area contributed by atoms with Crippen molar-refractivity contribution in [1.82, 2.24) is 0 Å². The normalized spacial score (nSPS) is 12.2. The van der Waals surface area contributed by atoms with Gasteiger partial charge in [0.2, 0.25) is 0 Å². The van der Waals surface area contributed by atoms with Crippen LogP contribution in [0.5, 0.6) is 5.75 Å². The van der Waals surface area contributed by atoms with Crippen LogP contribution in [-0.2, 0) is 11.2 Å². The van der Waals surface area contributed by atoms with Crippen LogP contribution in [0, 0.1) is 5.92 Å². The largest absolute Gasteiger partial charge is 0.497 e. The predicted octanol–water partition coefficient (Wildman–Crippen LogP) is 3.24. The Balaban J connectivity index is 2.39. The van der Waals surface area contributed by atoms with Crippen molar-refractivity contribution in [3.8, 4) is 5.75 Å². The van der Waals surface area contributed by atoms with Crippen LogP contribution in [0.2, 0.25) is 0 Å². The maximum atomic E-state index is 10.9. The summed E-state index contributed by atoms with van der Waals surface area (Å²) < 4.78 is 5.10. The molecule has 16 heavy (non-hydrogen) atoms. The van der Waals surface area contributed by atoms with Gasteiger partial charge in [0.05, 0.1) is 7.11 Å². The molecule has 1 unspecified atom stereocenters. The van der Waals surface area contributed by atoms with Gasteiger partial charge in [-0.05, 0) is 43.4 Å². The van der Waals surface area contributed by atoms with E-state index in [9.17, 15) is 4.79 Å². The molecule has 1 aromatic carbocycles. The number of rotatable bonds is 6. The molecule has 0 N–H and O–H groups in total. The van der Waals surface area contributed by atoms with Gasteiger partial charge in [0.15, 0.2) is 0 Å². The number of carbonyl (C=O) groups excluding carboxylic acids is 1. The van der Waals surface area contributed by atoms with Gasteiger partial charge in [-0.1, -0.05) is 19.1 Å². The lowest BCUT2D eigenvalue weighted by atomic mass is 9.97. The number of aryl methyl sites for hydroxylation is 1. The Morgan fingerprint density at radius 1 is 1.31 bits per heavy atom. The molecule has 88 valence electrons. The van der Waals surface area contributed by atoms with Gasteiger partial charge in [-0.2, -0.15) is 0 Å². The van der Waals surface area contributed by atoms with E-state index in [1.807, 2.05) is 12.1 Å². The number of hydrogen-bond acceptors (Lipinski definition) is 2. The molecule has 1 aromatic rings. The second-order valence-electron chi connectivity index (χ2n) is 4.40. The molecule has 2 heteroatoms. The summed E-state index contributed by atoms with van der Waals surface area (Å²) in [6, 6.07) is 8.12. The van der Waals surface area contributed by atoms with Crippen molar-refractivity contribution in [2.45, 2.75) is 33.1 Å². The Bertz CT molecular complexity index is 327. The average molecular weight is 220 g/mol. The Kier molecular flexibility index (Phi) is 5.03. The number of Topliss-reactive ketones (excluding diaryl/α,β-unsaturated/α-hetero) is 1. The molecule has 0 radical (unpaired) electrons. The van der Waals surface area contributed by atoms with Gasteiger partial charge in [0.25, 0.3) is 0 Å².